The third-order valence-corrected chi connectivity index (χ3v) is 4.10. The number of anilines is 1. The second kappa shape index (κ2) is 5.48. The maximum atomic E-state index is 12.1. The number of carboxylic acids is 1. The number of nitrogens with zero attached hydrogens (tertiary/aromatic N) is 1. The van der Waals surface area contributed by atoms with Crippen molar-refractivity contribution in [3.8, 4) is 0 Å². The molecule has 2 N–H and O–H groups in total. The van der Waals surface area contributed by atoms with Crippen LogP contribution in [0, 0.1) is 0 Å². The van der Waals surface area contributed by atoms with Crippen molar-refractivity contribution in [2.45, 2.75) is 4.90 Å². The molecule has 0 atom stereocenters. The molecule has 1 aromatic carbocycles. The van der Waals surface area contributed by atoms with Gasteiger partial charge in [0.2, 0.25) is 0 Å². The lowest BCUT2D eigenvalue weighted by molar-refractivity contribution is 0.0697. The SMILES string of the molecule is O=C(O)c1cc(S(=O)(=O)Nc2cccnc2)ccc1Cl. The molecule has 0 saturated heterocycles. The lowest BCUT2D eigenvalue weighted by atomic mass is 10.2. The van der Waals surface area contributed by atoms with Crippen molar-refractivity contribution in [1.82, 2.24) is 4.98 Å². The number of hydrogen-bond donors (Lipinski definition) is 2. The summed E-state index contributed by atoms with van der Waals surface area (Å²) >= 11 is 5.70. The van der Waals surface area contributed by atoms with Crippen LogP contribution in [0.15, 0.2) is 47.6 Å². The van der Waals surface area contributed by atoms with Crippen molar-refractivity contribution >= 4 is 33.3 Å². The zero-order valence-corrected chi connectivity index (χ0v) is 11.5. The molecule has 0 aliphatic heterocycles. The van der Waals surface area contributed by atoms with Gasteiger partial charge < -0.3 is 5.11 Å². The summed E-state index contributed by atoms with van der Waals surface area (Å²) in [5.74, 6) is -1.30. The van der Waals surface area contributed by atoms with Gasteiger partial charge in [0.25, 0.3) is 10.0 Å². The van der Waals surface area contributed by atoms with Crippen molar-refractivity contribution < 1.29 is 18.3 Å². The predicted molar refractivity (Wildman–Crippen MR) is 73.5 cm³/mol. The van der Waals surface area contributed by atoms with Crippen LogP contribution in [0.2, 0.25) is 5.02 Å². The van der Waals surface area contributed by atoms with E-state index < -0.39 is 16.0 Å². The van der Waals surface area contributed by atoms with Gasteiger partial charge in [-0.25, -0.2) is 13.2 Å². The zero-order chi connectivity index (χ0) is 14.8. The maximum absolute atomic E-state index is 12.1. The summed E-state index contributed by atoms with van der Waals surface area (Å²) in [4.78, 5) is 14.5. The number of aromatic carboxylic acids is 1. The Kier molecular flexibility index (Phi) is 3.91. The first-order valence-corrected chi connectivity index (χ1v) is 7.22. The molecular formula is C12H9ClN2O4S. The summed E-state index contributed by atoms with van der Waals surface area (Å²) in [7, 11) is -3.90. The Morgan fingerprint density at radius 1 is 1.30 bits per heavy atom. The molecule has 1 aromatic heterocycles. The van der Waals surface area contributed by atoms with Gasteiger partial charge in [-0.3, -0.25) is 9.71 Å². The molecule has 2 rings (SSSR count). The fraction of sp³-hybridized carbons (Fsp3) is 0. The Morgan fingerprint density at radius 2 is 2.05 bits per heavy atom. The molecule has 8 heteroatoms. The van der Waals surface area contributed by atoms with Crippen molar-refractivity contribution in [3.63, 3.8) is 0 Å². The molecule has 0 spiro atoms. The first-order valence-electron chi connectivity index (χ1n) is 5.36. The number of nitrogens with one attached hydrogen (secondary N) is 1. The summed E-state index contributed by atoms with van der Waals surface area (Å²) in [6, 6.07) is 6.56. The molecule has 1 heterocycles. The molecule has 0 aliphatic rings. The van der Waals surface area contributed by atoms with Gasteiger partial charge in [0.1, 0.15) is 0 Å². The van der Waals surface area contributed by atoms with E-state index in [1.54, 1.807) is 6.07 Å². The minimum atomic E-state index is -3.90. The second-order valence-electron chi connectivity index (χ2n) is 3.79. The molecule has 0 radical (unpaired) electrons. The van der Waals surface area contributed by atoms with Crippen LogP contribution in [-0.4, -0.2) is 24.5 Å². The van der Waals surface area contributed by atoms with Crippen LogP contribution in [0.4, 0.5) is 5.69 Å². The number of rotatable bonds is 4. The van der Waals surface area contributed by atoms with E-state index in [2.05, 4.69) is 9.71 Å². The summed E-state index contributed by atoms with van der Waals surface area (Å²) in [5.41, 5.74) is 0.0000494. The topological polar surface area (TPSA) is 96.4 Å². The van der Waals surface area contributed by atoms with Crippen LogP contribution in [0.25, 0.3) is 0 Å². The van der Waals surface area contributed by atoms with E-state index in [4.69, 9.17) is 16.7 Å². The standard InChI is InChI=1S/C12H9ClN2O4S/c13-11-4-3-9(6-10(11)12(16)17)20(18,19)15-8-2-1-5-14-7-8/h1-7,15H,(H,16,17). The van der Waals surface area contributed by atoms with Crippen LogP contribution in [0.3, 0.4) is 0 Å². The lowest BCUT2D eigenvalue weighted by Crippen LogP contribution is -2.14. The molecule has 0 bridgehead atoms. The third kappa shape index (κ3) is 3.06. The first kappa shape index (κ1) is 14.3. The van der Waals surface area contributed by atoms with Gasteiger partial charge >= 0.3 is 5.97 Å². The highest BCUT2D eigenvalue weighted by atomic mass is 35.5. The van der Waals surface area contributed by atoms with Crippen LogP contribution in [0.1, 0.15) is 10.4 Å². The minimum absolute atomic E-state index is 0.0298. The van der Waals surface area contributed by atoms with Crippen molar-refractivity contribution in [2.24, 2.45) is 0 Å². The molecule has 0 aliphatic carbocycles. The van der Waals surface area contributed by atoms with Gasteiger partial charge in [0, 0.05) is 6.20 Å². The maximum Gasteiger partial charge on any atom is 0.337 e. The summed E-state index contributed by atoms with van der Waals surface area (Å²) in [6.45, 7) is 0. The number of sulfonamides is 1. The normalized spacial score (nSPS) is 11.1. The average molecular weight is 313 g/mol. The Balaban J connectivity index is 2.40. The average Bonchev–Trinajstić information content (AvgIpc) is 2.39. The highest BCUT2D eigenvalue weighted by Crippen LogP contribution is 2.22. The molecular weight excluding hydrogens is 304 g/mol. The van der Waals surface area contributed by atoms with Crippen molar-refractivity contribution in [3.05, 3.63) is 53.3 Å². The number of benzene rings is 1. The smallest absolute Gasteiger partial charge is 0.337 e. The Bertz CT molecular complexity index is 747. The lowest BCUT2D eigenvalue weighted by Gasteiger charge is -2.08. The van der Waals surface area contributed by atoms with Gasteiger partial charge in [-0.1, -0.05) is 11.6 Å². The molecule has 0 unspecified atom stereocenters. The highest BCUT2D eigenvalue weighted by Gasteiger charge is 2.18. The fourth-order valence-corrected chi connectivity index (χ4v) is 2.74. The van der Waals surface area contributed by atoms with Crippen LogP contribution in [-0.2, 0) is 10.0 Å². The summed E-state index contributed by atoms with van der Waals surface area (Å²) < 4.78 is 26.5. The fourth-order valence-electron chi connectivity index (χ4n) is 1.47. The quantitative estimate of drug-likeness (QED) is 0.902. The van der Waals surface area contributed by atoms with Crippen LogP contribution in [0.5, 0.6) is 0 Å². The Morgan fingerprint density at radius 3 is 2.65 bits per heavy atom. The Hall–Kier alpha value is -2.12. The molecule has 20 heavy (non-hydrogen) atoms. The first-order chi connectivity index (χ1) is 9.40. The predicted octanol–water partition coefficient (Wildman–Crippen LogP) is 2.23. The van der Waals surface area contributed by atoms with Crippen molar-refractivity contribution in [2.75, 3.05) is 4.72 Å². The molecule has 104 valence electrons. The van der Waals surface area contributed by atoms with Gasteiger partial charge in [0.15, 0.2) is 0 Å². The molecule has 0 saturated carbocycles. The van der Waals surface area contributed by atoms with E-state index in [9.17, 15) is 13.2 Å². The number of pyridine rings is 1. The number of carbonyl (C=O) groups is 1. The van der Waals surface area contributed by atoms with E-state index >= 15 is 0 Å². The van der Waals surface area contributed by atoms with Crippen LogP contribution >= 0.6 is 11.6 Å². The largest absolute Gasteiger partial charge is 0.478 e. The number of halogens is 1. The number of hydrogen-bond acceptors (Lipinski definition) is 4. The monoisotopic (exact) mass is 312 g/mol. The third-order valence-electron chi connectivity index (χ3n) is 2.39. The molecule has 2 aromatic rings. The van der Waals surface area contributed by atoms with Gasteiger partial charge in [-0.05, 0) is 30.3 Å². The molecule has 0 amide bonds. The van der Waals surface area contributed by atoms with Gasteiger partial charge in [0.05, 0.1) is 27.4 Å². The number of aromatic nitrogens is 1. The second-order valence-corrected chi connectivity index (χ2v) is 5.88. The van der Waals surface area contributed by atoms with E-state index in [0.29, 0.717) is 0 Å². The van der Waals surface area contributed by atoms with E-state index in [-0.39, 0.29) is 21.2 Å². The zero-order valence-electron chi connectivity index (χ0n) is 9.95. The Labute approximate surface area is 120 Å². The summed E-state index contributed by atoms with van der Waals surface area (Å²) in [5, 5.41) is 8.91. The highest BCUT2D eigenvalue weighted by molar-refractivity contribution is 7.92. The van der Waals surface area contributed by atoms with Crippen LogP contribution < -0.4 is 4.72 Å². The van der Waals surface area contributed by atoms with Crippen molar-refractivity contribution in [1.29, 1.82) is 0 Å². The molecule has 6 nitrogen and oxygen atoms in total. The minimum Gasteiger partial charge on any atom is -0.478 e. The van der Waals surface area contributed by atoms with Gasteiger partial charge in [-0.15, -0.1) is 0 Å². The van der Waals surface area contributed by atoms with Gasteiger partial charge in [-0.2, -0.15) is 0 Å². The number of carboxylic acid groups (broad SMARTS) is 1. The van der Waals surface area contributed by atoms with E-state index in [0.717, 1.165) is 6.07 Å². The van der Waals surface area contributed by atoms with E-state index in [1.807, 2.05) is 0 Å². The molecule has 0 fully saturated rings. The van der Waals surface area contributed by atoms with E-state index in [1.165, 1.54) is 30.6 Å². The summed E-state index contributed by atoms with van der Waals surface area (Å²) in [6.07, 6.45) is 2.84.